The minimum Gasteiger partial charge on any atom is -0.497 e. The molecule has 0 atom stereocenters. The molecule has 7 heteroatoms. The van der Waals surface area contributed by atoms with Crippen LogP contribution in [0.15, 0.2) is 36.4 Å². The zero-order valence-electron chi connectivity index (χ0n) is 20.6. The molecule has 180 valence electrons. The minimum atomic E-state index is -0.0551. The molecule has 1 fully saturated rings. The van der Waals surface area contributed by atoms with Crippen molar-refractivity contribution < 1.29 is 23.7 Å². The van der Waals surface area contributed by atoms with E-state index >= 15 is 0 Å². The van der Waals surface area contributed by atoms with Gasteiger partial charge in [-0.15, -0.1) is 0 Å². The number of ether oxygens (including phenoxy) is 4. The Labute approximate surface area is 197 Å². The molecule has 0 N–H and O–H groups in total. The summed E-state index contributed by atoms with van der Waals surface area (Å²) in [7, 11) is 6.92. The van der Waals surface area contributed by atoms with Gasteiger partial charge in [0.1, 0.15) is 17.6 Å². The number of methoxy groups -OCH3 is 3. The lowest BCUT2D eigenvalue weighted by molar-refractivity contribution is 0.0587. The van der Waals surface area contributed by atoms with Crippen molar-refractivity contribution in [1.82, 2.24) is 9.80 Å². The summed E-state index contributed by atoms with van der Waals surface area (Å²) in [4.78, 5) is 17.3. The van der Waals surface area contributed by atoms with E-state index in [1.165, 1.54) is 5.56 Å². The van der Waals surface area contributed by atoms with Gasteiger partial charge in [0.2, 0.25) is 0 Å². The highest BCUT2D eigenvalue weighted by Gasteiger charge is 2.27. The van der Waals surface area contributed by atoms with E-state index in [-0.39, 0.29) is 12.0 Å². The van der Waals surface area contributed by atoms with Crippen molar-refractivity contribution in [2.45, 2.75) is 45.4 Å². The molecule has 3 rings (SSSR count). The summed E-state index contributed by atoms with van der Waals surface area (Å²) < 4.78 is 22.6. The van der Waals surface area contributed by atoms with E-state index in [1.54, 1.807) is 39.5 Å². The van der Waals surface area contributed by atoms with E-state index in [2.05, 4.69) is 37.9 Å². The molecule has 0 saturated carbocycles. The second kappa shape index (κ2) is 11.3. The molecule has 2 aromatic rings. The largest absolute Gasteiger partial charge is 0.497 e. The average Bonchev–Trinajstić information content (AvgIpc) is 2.83. The van der Waals surface area contributed by atoms with Crippen molar-refractivity contribution in [2.24, 2.45) is 0 Å². The highest BCUT2D eigenvalue weighted by Crippen LogP contribution is 2.32. The van der Waals surface area contributed by atoms with Gasteiger partial charge >= 0.3 is 0 Å². The number of amides is 1. The number of nitrogens with zero attached hydrogens (tertiary/aromatic N) is 2. The highest BCUT2D eigenvalue weighted by atomic mass is 16.5. The Morgan fingerprint density at radius 1 is 0.970 bits per heavy atom. The van der Waals surface area contributed by atoms with Gasteiger partial charge in [-0.3, -0.25) is 9.69 Å². The lowest BCUT2D eigenvalue weighted by Gasteiger charge is -2.33. The highest BCUT2D eigenvalue weighted by molar-refractivity contribution is 5.97. The predicted octanol–water partition coefficient (Wildman–Crippen LogP) is 4.24. The van der Waals surface area contributed by atoms with Gasteiger partial charge < -0.3 is 23.8 Å². The van der Waals surface area contributed by atoms with Gasteiger partial charge in [-0.25, -0.2) is 0 Å². The SMILES string of the molecule is COc1ccc(OC)c(C(=O)N2CCC(Oc3cc(CN(C)C(C)C)ccc3OC)CC2)c1. The van der Waals surface area contributed by atoms with Gasteiger partial charge in [0.05, 0.1) is 26.9 Å². The predicted molar refractivity (Wildman–Crippen MR) is 129 cm³/mol. The molecule has 0 unspecified atom stereocenters. The zero-order valence-corrected chi connectivity index (χ0v) is 20.6. The number of carbonyl (C=O) groups excluding carboxylic acids is 1. The van der Waals surface area contributed by atoms with Crippen LogP contribution in [0.2, 0.25) is 0 Å². The fourth-order valence-electron chi connectivity index (χ4n) is 3.89. The van der Waals surface area contributed by atoms with E-state index in [9.17, 15) is 4.79 Å². The third-order valence-electron chi connectivity index (χ3n) is 6.20. The Hall–Kier alpha value is -2.93. The van der Waals surface area contributed by atoms with E-state index < -0.39 is 0 Å². The van der Waals surface area contributed by atoms with Crippen LogP contribution in [0.4, 0.5) is 0 Å². The van der Waals surface area contributed by atoms with Crippen LogP contribution in [0.25, 0.3) is 0 Å². The topological polar surface area (TPSA) is 60.5 Å². The Bertz CT molecular complexity index is 938. The van der Waals surface area contributed by atoms with Crippen LogP contribution in [0, 0.1) is 0 Å². The van der Waals surface area contributed by atoms with Gasteiger partial charge in [0.25, 0.3) is 5.91 Å². The van der Waals surface area contributed by atoms with Crippen molar-refractivity contribution in [3.8, 4) is 23.0 Å². The van der Waals surface area contributed by atoms with Crippen LogP contribution in [0.1, 0.15) is 42.6 Å². The van der Waals surface area contributed by atoms with Gasteiger partial charge in [-0.2, -0.15) is 0 Å². The number of likely N-dealkylation sites (tertiary alicyclic amines) is 1. The summed E-state index contributed by atoms with van der Waals surface area (Å²) in [6.07, 6.45) is 1.52. The second-order valence-electron chi connectivity index (χ2n) is 8.67. The first kappa shape index (κ1) is 24.7. The number of piperidine rings is 1. The van der Waals surface area contributed by atoms with Crippen molar-refractivity contribution in [1.29, 1.82) is 0 Å². The molecule has 1 aliphatic rings. The molecule has 0 aliphatic carbocycles. The molecular weight excluding hydrogens is 420 g/mol. The first-order chi connectivity index (χ1) is 15.9. The van der Waals surface area contributed by atoms with Crippen LogP contribution in [0.3, 0.4) is 0 Å². The average molecular weight is 457 g/mol. The second-order valence-corrected chi connectivity index (χ2v) is 8.67. The number of hydrogen-bond acceptors (Lipinski definition) is 6. The van der Waals surface area contributed by atoms with Gasteiger partial charge in [-0.05, 0) is 56.8 Å². The third kappa shape index (κ3) is 6.11. The molecule has 33 heavy (non-hydrogen) atoms. The number of benzene rings is 2. The van der Waals surface area contributed by atoms with Gasteiger partial charge in [0, 0.05) is 38.5 Å². The van der Waals surface area contributed by atoms with E-state index in [4.69, 9.17) is 18.9 Å². The maximum atomic E-state index is 13.1. The fraction of sp³-hybridized carbons (Fsp3) is 0.500. The van der Waals surface area contributed by atoms with Gasteiger partial charge in [-0.1, -0.05) is 6.07 Å². The first-order valence-electron chi connectivity index (χ1n) is 11.4. The van der Waals surface area contributed by atoms with Gasteiger partial charge in [0.15, 0.2) is 11.5 Å². The quantitative estimate of drug-likeness (QED) is 0.563. The Balaban J connectivity index is 1.65. The molecule has 1 aliphatic heterocycles. The monoisotopic (exact) mass is 456 g/mol. The molecule has 0 spiro atoms. The third-order valence-corrected chi connectivity index (χ3v) is 6.20. The number of hydrogen-bond donors (Lipinski definition) is 0. The molecular formula is C26H36N2O5. The van der Waals surface area contributed by atoms with E-state index in [1.807, 2.05) is 11.0 Å². The standard InChI is InChI=1S/C26H36N2O5/c1-18(2)27(3)17-19-7-9-24(32-6)25(15-19)33-20-11-13-28(14-12-20)26(29)22-16-21(30-4)8-10-23(22)31-5/h7-10,15-16,18,20H,11-14,17H2,1-6H3. The van der Waals surface area contributed by atoms with Crippen LogP contribution < -0.4 is 18.9 Å². The lowest BCUT2D eigenvalue weighted by atomic mass is 10.1. The van der Waals surface area contributed by atoms with Crippen molar-refractivity contribution in [3.05, 3.63) is 47.5 Å². The maximum absolute atomic E-state index is 13.1. The van der Waals surface area contributed by atoms with Crippen LogP contribution in [-0.4, -0.2) is 69.3 Å². The maximum Gasteiger partial charge on any atom is 0.257 e. The molecule has 0 radical (unpaired) electrons. The zero-order chi connectivity index (χ0) is 24.0. The van der Waals surface area contributed by atoms with Crippen molar-refractivity contribution in [3.63, 3.8) is 0 Å². The van der Waals surface area contributed by atoms with Crippen molar-refractivity contribution in [2.75, 3.05) is 41.5 Å². The lowest BCUT2D eigenvalue weighted by Crippen LogP contribution is -2.42. The Morgan fingerprint density at radius 2 is 1.64 bits per heavy atom. The summed E-state index contributed by atoms with van der Waals surface area (Å²) >= 11 is 0. The smallest absolute Gasteiger partial charge is 0.257 e. The molecule has 1 amide bonds. The normalized spacial score (nSPS) is 14.5. The molecule has 0 aromatic heterocycles. The summed E-state index contributed by atoms with van der Waals surface area (Å²) in [5, 5.41) is 0. The first-order valence-corrected chi connectivity index (χ1v) is 11.4. The molecule has 0 bridgehead atoms. The molecule has 7 nitrogen and oxygen atoms in total. The minimum absolute atomic E-state index is 0.0215. The fourth-order valence-corrected chi connectivity index (χ4v) is 3.89. The number of carbonyl (C=O) groups is 1. The Morgan fingerprint density at radius 3 is 2.24 bits per heavy atom. The summed E-state index contributed by atoms with van der Waals surface area (Å²) in [5.74, 6) is 2.61. The molecule has 1 heterocycles. The van der Waals surface area contributed by atoms with E-state index in [0.29, 0.717) is 36.2 Å². The van der Waals surface area contributed by atoms with Crippen LogP contribution in [0.5, 0.6) is 23.0 Å². The van der Waals surface area contributed by atoms with Crippen LogP contribution >= 0.6 is 0 Å². The summed E-state index contributed by atoms with van der Waals surface area (Å²) in [6.45, 7) is 6.42. The summed E-state index contributed by atoms with van der Waals surface area (Å²) in [6, 6.07) is 11.8. The summed E-state index contributed by atoms with van der Waals surface area (Å²) in [5.41, 5.74) is 1.69. The number of rotatable bonds is 9. The molecule has 2 aromatic carbocycles. The molecule has 1 saturated heterocycles. The van der Waals surface area contributed by atoms with Crippen molar-refractivity contribution >= 4 is 5.91 Å². The Kier molecular flexibility index (Phi) is 8.44. The van der Waals surface area contributed by atoms with Crippen LogP contribution in [-0.2, 0) is 6.54 Å². The van der Waals surface area contributed by atoms with E-state index in [0.717, 1.165) is 30.9 Å².